The lowest BCUT2D eigenvalue weighted by Gasteiger charge is -2.13. The third-order valence-corrected chi connectivity index (χ3v) is 2.44. The molecule has 1 aromatic heterocycles. The van der Waals surface area contributed by atoms with Crippen LogP contribution in [0.3, 0.4) is 0 Å². The van der Waals surface area contributed by atoms with Crippen LogP contribution in [0.15, 0.2) is 18.2 Å². The molecule has 7 heteroatoms. The van der Waals surface area contributed by atoms with Crippen LogP contribution in [-0.4, -0.2) is 29.0 Å². The van der Waals surface area contributed by atoms with E-state index in [-0.39, 0.29) is 11.0 Å². The van der Waals surface area contributed by atoms with Crippen molar-refractivity contribution in [2.75, 3.05) is 19.0 Å². The molecule has 0 aliphatic heterocycles. The summed E-state index contributed by atoms with van der Waals surface area (Å²) >= 11 is 5.79. The molecule has 0 bridgehead atoms. The number of nitro benzene ring substituents is 1. The Morgan fingerprint density at radius 2 is 2.06 bits per heavy atom. The van der Waals surface area contributed by atoms with Gasteiger partial charge in [0.1, 0.15) is 5.82 Å². The Labute approximate surface area is 102 Å². The first kappa shape index (κ1) is 11.5. The molecule has 2 rings (SSSR count). The van der Waals surface area contributed by atoms with Crippen LogP contribution in [-0.2, 0) is 0 Å². The van der Waals surface area contributed by atoms with E-state index in [0.29, 0.717) is 16.7 Å². The number of halogens is 1. The van der Waals surface area contributed by atoms with Crippen molar-refractivity contribution in [3.05, 3.63) is 33.6 Å². The number of anilines is 1. The fraction of sp³-hybridized carbons (Fsp3) is 0.200. The van der Waals surface area contributed by atoms with Crippen LogP contribution in [0.4, 0.5) is 11.5 Å². The Hall–Kier alpha value is -1.95. The fourth-order valence-electron chi connectivity index (χ4n) is 1.53. The van der Waals surface area contributed by atoms with Crippen molar-refractivity contribution < 1.29 is 4.92 Å². The van der Waals surface area contributed by atoms with Gasteiger partial charge in [-0.05, 0) is 17.7 Å². The quantitative estimate of drug-likeness (QED) is 0.466. The fourth-order valence-corrected chi connectivity index (χ4v) is 1.70. The van der Waals surface area contributed by atoms with Gasteiger partial charge in [-0.3, -0.25) is 10.1 Å². The zero-order chi connectivity index (χ0) is 12.6. The summed E-state index contributed by atoms with van der Waals surface area (Å²) in [6, 6.07) is 4.40. The molecule has 0 fully saturated rings. The van der Waals surface area contributed by atoms with Crippen LogP contribution in [0, 0.1) is 10.1 Å². The largest absolute Gasteiger partial charge is 0.362 e. The van der Waals surface area contributed by atoms with E-state index in [1.54, 1.807) is 25.1 Å². The number of nitro groups is 1. The van der Waals surface area contributed by atoms with Crippen LogP contribution in [0.2, 0.25) is 5.28 Å². The molecule has 0 spiro atoms. The zero-order valence-corrected chi connectivity index (χ0v) is 9.97. The van der Waals surface area contributed by atoms with Crippen molar-refractivity contribution in [3.63, 3.8) is 0 Å². The zero-order valence-electron chi connectivity index (χ0n) is 9.22. The highest BCUT2D eigenvalue weighted by Gasteiger charge is 2.13. The molecule has 0 amide bonds. The van der Waals surface area contributed by atoms with Gasteiger partial charge >= 0.3 is 0 Å². The molecule has 2 aromatic rings. The smallest absolute Gasteiger partial charge is 0.270 e. The van der Waals surface area contributed by atoms with Crippen molar-refractivity contribution in [2.24, 2.45) is 0 Å². The lowest BCUT2D eigenvalue weighted by Crippen LogP contribution is -2.11. The molecule has 1 aromatic carbocycles. The summed E-state index contributed by atoms with van der Waals surface area (Å²) in [5.74, 6) is 0.559. The van der Waals surface area contributed by atoms with Gasteiger partial charge in [-0.25, -0.2) is 4.98 Å². The molecule has 88 valence electrons. The number of rotatable bonds is 2. The molecule has 6 nitrogen and oxygen atoms in total. The maximum Gasteiger partial charge on any atom is 0.270 e. The summed E-state index contributed by atoms with van der Waals surface area (Å²) in [6.07, 6.45) is 0. The molecule has 0 aliphatic carbocycles. The van der Waals surface area contributed by atoms with Gasteiger partial charge in [0.15, 0.2) is 0 Å². The Bertz CT molecular complexity index is 600. The molecule has 17 heavy (non-hydrogen) atoms. The number of hydrogen-bond acceptors (Lipinski definition) is 5. The lowest BCUT2D eigenvalue weighted by atomic mass is 10.2. The van der Waals surface area contributed by atoms with Crippen LogP contribution >= 0.6 is 11.6 Å². The van der Waals surface area contributed by atoms with Crippen LogP contribution in [0.5, 0.6) is 0 Å². The van der Waals surface area contributed by atoms with E-state index < -0.39 is 4.92 Å². The van der Waals surface area contributed by atoms with Crippen LogP contribution in [0.25, 0.3) is 10.9 Å². The third kappa shape index (κ3) is 2.12. The Kier molecular flexibility index (Phi) is 2.81. The first-order valence-corrected chi connectivity index (χ1v) is 5.16. The van der Waals surface area contributed by atoms with Crippen molar-refractivity contribution >= 4 is 34.0 Å². The van der Waals surface area contributed by atoms with Gasteiger partial charge in [0.05, 0.1) is 10.4 Å². The molecule has 1 heterocycles. The number of fused-ring (bicyclic) bond motifs is 1. The van der Waals surface area contributed by atoms with E-state index in [0.717, 1.165) is 0 Å². The first-order chi connectivity index (χ1) is 7.99. The number of hydrogen-bond donors (Lipinski definition) is 0. The van der Waals surface area contributed by atoms with Gasteiger partial charge in [-0.2, -0.15) is 4.98 Å². The molecule has 0 radical (unpaired) electrons. The van der Waals surface area contributed by atoms with Crippen molar-refractivity contribution in [1.29, 1.82) is 0 Å². The average Bonchev–Trinajstić information content (AvgIpc) is 2.26. The molecule has 0 aliphatic rings. The Morgan fingerprint density at radius 3 is 2.65 bits per heavy atom. The summed E-state index contributed by atoms with van der Waals surface area (Å²) in [4.78, 5) is 20.1. The summed E-state index contributed by atoms with van der Waals surface area (Å²) in [5.41, 5.74) is 0.589. The lowest BCUT2D eigenvalue weighted by molar-refractivity contribution is -0.384. The highest BCUT2D eigenvalue weighted by atomic mass is 35.5. The molecule has 0 saturated heterocycles. The minimum absolute atomic E-state index is 0.00604. The van der Waals surface area contributed by atoms with E-state index >= 15 is 0 Å². The molecule has 0 saturated carbocycles. The highest BCUT2D eigenvalue weighted by molar-refractivity contribution is 6.28. The molecule has 0 unspecified atom stereocenters. The summed E-state index contributed by atoms with van der Waals surface area (Å²) in [6.45, 7) is 0. The van der Waals surface area contributed by atoms with E-state index in [4.69, 9.17) is 11.6 Å². The number of non-ortho nitro benzene ring substituents is 1. The molecule has 0 N–H and O–H groups in total. The molecular formula is C10H9ClN4O2. The third-order valence-electron chi connectivity index (χ3n) is 2.27. The van der Waals surface area contributed by atoms with Gasteiger partial charge in [0.25, 0.3) is 5.69 Å². The molecular weight excluding hydrogens is 244 g/mol. The van der Waals surface area contributed by atoms with Gasteiger partial charge in [0.2, 0.25) is 5.28 Å². The van der Waals surface area contributed by atoms with Crippen LogP contribution < -0.4 is 4.90 Å². The van der Waals surface area contributed by atoms with E-state index in [1.165, 1.54) is 12.1 Å². The van der Waals surface area contributed by atoms with Crippen molar-refractivity contribution in [1.82, 2.24) is 9.97 Å². The maximum atomic E-state index is 10.7. The van der Waals surface area contributed by atoms with Gasteiger partial charge < -0.3 is 4.90 Å². The Morgan fingerprint density at radius 1 is 1.35 bits per heavy atom. The van der Waals surface area contributed by atoms with E-state index in [2.05, 4.69) is 9.97 Å². The topological polar surface area (TPSA) is 72.2 Å². The van der Waals surface area contributed by atoms with Crippen molar-refractivity contribution in [2.45, 2.75) is 0 Å². The van der Waals surface area contributed by atoms with Crippen LogP contribution in [0.1, 0.15) is 0 Å². The first-order valence-electron chi connectivity index (χ1n) is 4.78. The minimum Gasteiger partial charge on any atom is -0.362 e. The summed E-state index contributed by atoms with van der Waals surface area (Å²) in [7, 11) is 3.58. The number of aromatic nitrogens is 2. The standard InChI is InChI=1S/C10H9ClN4O2/c1-14(2)9-7-5-6(15(16)17)3-4-8(7)12-10(11)13-9/h3-5H,1-2H3. The minimum atomic E-state index is -0.451. The Balaban J connectivity index is 2.78. The second-order valence-corrected chi connectivity index (χ2v) is 4.01. The van der Waals surface area contributed by atoms with Gasteiger partial charge in [-0.15, -0.1) is 0 Å². The van der Waals surface area contributed by atoms with Crippen molar-refractivity contribution in [3.8, 4) is 0 Å². The predicted molar refractivity (Wildman–Crippen MR) is 65.5 cm³/mol. The monoisotopic (exact) mass is 252 g/mol. The van der Waals surface area contributed by atoms with Gasteiger partial charge in [-0.1, -0.05) is 0 Å². The number of benzene rings is 1. The normalized spacial score (nSPS) is 10.5. The maximum absolute atomic E-state index is 10.7. The number of nitrogens with zero attached hydrogens (tertiary/aromatic N) is 4. The summed E-state index contributed by atoms with van der Waals surface area (Å²) < 4.78 is 0. The SMILES string of the molecule is CN(C)c1nc(Cl)nc2ccc([N+](=O)[O-])cc12. The van der Waals surface area contributed by atoms with Gasteiger partial charge in [0, 0.05) is 31.6 Å². The summed E-state index contributed by atoms with van der Waals surface area (Å²) in [5, 5.41) is 11.4. The highest BCUT2D eigenvalue weighted by Crippen LogP contribution is 2.27. The van der Waals surface area contributed by atoms with E-state index in [9.17, 15) is 10.1 Å². The second kappa shape index (κ2) is 4.14. The molecule has 0 atom stereocenters. The second-order valence-electron chi connectivity index (χ2n) is 3.67. The predicted octanol–water partition coefficient (Wildman–Crippen LogP) is 2.26. The average molecular weight is 253 g/mol. The van der Waals surface area contributed by atoms with E-state index in [1.807, 2.05) is 0 Å².